The van der Waals surface area contributed by atoms with Gasteiger partial charge in [-0.15, -0.1) is 0 Å². The molecule has 0 radical (unpaired) electrons. The second-order valence-electron chi connectivity index (χ2n) is 12.9. The molecule has 4 aliphatic rings. The van der Waals surface area contributed by atoms with Crippen molar-refractivity contribution in [1.82, 2.24) is 4.72 Å². The maximum Gasteiger partial charge on any atom is 0.318 e. The molecule has 7 nitrogen and oxygen atoms in total. The average molecular weight is 636 g/mol. The fourth-order valence-corrected chi connectivity index (χ4v) is 9.56. The quantitative estimate of drug-likeness (QED) is 0.234. The van der Waals surface area contributed by atoms with Crippen molar-refractivity contribution in [3.05, 3.63) is 81.7 Å². The number of anilines is 1. The molecule has 6 atom stereocenters. The van der Waals surface area contributed by atoms with Gasteiger partial charge in [-0.05, 0) is 111 Å². The normalized spacial score (nSPS) is 32.6. The first-order valence-corrected chi connectivity index (χ1v) is 18.0. The van der Waals surface area contributed by atoms with Crippen LogP contribution in [0.4, 0.5) is 5.69 Å². The van der Waals surface area contributed by atoms with Crippen LogP contribution in [0.15, 0.2) is 48.6 Å². The maximum absolute atomic E-state index is 13.7. The van der Waals surface area contributed by atoms with E-state index in [0.29, 0.717) is 37.4 Å². The molecule has 2 aliphatic carbocycles. The zero-order valence-corrected chi connectivity index (χ0v) is 27.0. The molecule has 9 heteroatoms. The summed E-state index contributed by atoms with van der Waals surface area (Å²) < 4.78 is 29.2. The fourth-order valence-electron chi connectivity index (χ4n) is 7.71. The van der Waals surface area contributed by atoms with Crippen LogP contribution in [0, 0.1) is 18.4 Å². The van der Waals surface area contributed by atoms with Crippen molar-refractivity contribution in [1.29, 1.82) is 0 Å². The van der Waals surface area contributed by atoms with Gasteiger partial charge in [0.15, 0.2) is 0 Å². The van der Waals surface area contributed by atoms with Crippen molar-refractivity contribution in [3.63, 3.8) is 0 Å². The largest absolute Gasteiger partial charge is 0.490 e. The second-order valence-corrected chi connectivity index (χ2v) is 15.7. The highest BCUT2D eigenvalue weighted by atomic mass is 35.5. The lowest BCUT2D eigenvalue weighted by Crippen LogP contribution is -2.49. The Labute approximate surface area is 266 Å². The van der Waals surface area contributed by atoms with E-state index in [1.807, 2.05) is 25.1 Å². The lowest BCUT2D eigenvalue weighted by Gasteiger charge is -2.45. The monoisotopic (exact) mass is 635 g/mol. The summed E-state index contributed by atoms with van der Waals surface area (Å²) in [5.41, 5.74) is 3.67. The number of hydrogen-bond donors (Lipinski definition) is 1. The lowest BCUT2D eigenvalue weighted by molar-refractivity contribution is -0.00283. The highest BCUT2D eigenvalue weighted by molar-refractivity contribution is 7.99. The molecule has 234 valence electrons. The van der Waals surface area contributed by atoms with Gasteiger partial charge in [-0.2, -0.15) is 0 Å². The Bertz CT molecular complexity index is 1580. The smallest absolute Gasteiger partial charge is 0.318 e. The van der Waals surface area contributed by atoms with Crippen molar-refractivity contribution >= 4 is 38.8 Å². The first-order valence-electron chi connectivity index (χ1n) is 15.8. The molecule has 2 heterocycles. The molecule has 1 spiro atoms. The van der Waals surface area contributed by atoms with Crippen LogP contribution >= 0.6 is 11.6 Å². The molecule has 0 aromatic heterocycles. The van der Waals surface area contributed by atoms with Gasteiger partial charge in [0.1, 0.15) is 5.75 Å². The van der Waals surface area contributed by atoms with Crippen molar-refractivity contribution < 1.29 is 18.5 Å². The maximum atomic E-state index is 13.7. The SMILES string of the molecule is [C-]#[N+]CO[C@H]1/C=C/CC[C@@H](CC)S(=C)(=O)NC(=O)c2ccc3c(c2)N(C[C@@H]2CC[C@H]21)C[C@@]1(CCCc2cc(Cl)ccc21)CO3. The number of hydrogen-bond acceptors (Lipinski definition) is 5. The second kappa shape index (κ2) is 12.8. The standard InChI is InChI=1S/C35H42ClN3O4S/c1-4-28-9-5-6-10-32(43-23-37-2)29-14-11-26(29)20-39-21-35(17-7-8-24-18-27(36)13-15-30(24)35)22-42-33-16-12-25(19-31(33)39)34(40)38-44(28,3)41/h6,10,12-13,15-16,18-19,26,28-29,32H,3-5,7-9,11,14,17,20-23H2,1H3,(H,38,40,41)/b10-6+/t26-,28+,29+,32-,35-,44?/m0/s1. The minimum atomic E-state index is -2.90. The van der Waals surface area contributed by atoms with Crippen molar-refractivity contribution in [2.24, 2.45) is 11.8 Å². The molecule has 6 rings (SSSR count). The molecule has 44 heavy (non-hydrogen) atoms. The summed E-state index contributed by atoms with van der Waals surface area (Å²) in [7, 11) is -2.90. The number of rotatable bonds is 3. The molecule has 2 bridgehead atoms. The van der Waals surface area contributed by atoms with Crippen LogP contribution in [0.3, 0.4) is 0 Å². The summed E-state index contributed by atoms with van der Waals surface area (Å²) in [6, 6.07) is 11.8. The number of aryl methyl sites for hydroxylation is 1. The first-order chi connectivity index (χ1) is 21.2. The Kier molecular flexibility index (Phi) is 9.01. The van der Waals surface area contributed by atoms with E-state index in [1.165, 1.54) is 11.1 Å². The number of benzene rings is 2. The predicted molar refractivity (Wildman–Crippen MR) is 178 cm³/mol. The zero-order valence-electron chi connectivity index (χ0n) is 25.4. The Morgan fingerprint density at radius 3 is 2.89 bits per heavy atom. The number of nitrogens with zero attached hydrogens (tertiary/aromatic N) is 2. The number of amides is 1. The van der Waals surface area contributed by atoms with Crippen LogP contribution in [0.2, 0.25) is 5.02 Å². The average Bonchev–Trinajstić information content (AvgIpc) is 3.13. The molecular formula is C35H42ClN3O4S. The summed E-state index contributed by atoms with van der Waals surface area (Å²) in [4.78, 5) is 19.5. The number of fused-ring (bicyclic) bond motifs is 4. The summed E-state index contributed by atoms with van der Waals surface area (Å²) in [6.07, 6.45) is 11.2. The van der Waals surface area contributed by atoms with Gasteiger partial charge >= 0.3 is 6.73 Å². The van der Waals surface area contributed by atoms with E-state index in [0.717, 1.165) is 61.7 Å². The van der Waals surface area contributed by atoms with Gasteiger partial charge in [-0.3, -0.25) is 14.4 Å². The minimum Gasteiger partial charge on any atom is -0.490 e. The first kappa shape index (κ1) is 31.0. The molecule has 1 amide bonds. The van der Waals surface area contributed by atoms with Crippen LogP contribution in [0.25, 0.3) is 4.85 Å². The number of nitrogens with one attached hydrogen (secondary N) is 1. The number of allylic oxidation sites excluding steroid dienone is 1. The lowest BCUT2D eigenvalue weighted by atomic mass is 9.68. The van der Waals surface area contributed by atoms with E-state index in [4.69, 9.17) is 27.6 Å². The molecule has 1 N–H and O–H groups in total. The van der Waals surface area contributed by atoms with E-state index < -0.39 is 9.71 Å². The highest BCUT2D eigenvalue weighted by Crippen LogP contribution is 2.47. The van der Waals surface area contributed by atoms with Gasteiger partial charge in [-0.1, -0.05) is 36.7 Å². The van der Waals surface area contributed by atoms with Crippen molar-refractivity contribution in [2.75, 3.05) is 31.3 Å². The molecule has 2 aromatic carbocycles. The van der Waals surface area contributed by atoms with Crippen LogP contribution in [0.1, 0.15) is 73.4 Å². The van der Waals surface area contributed by atoms with Gasteiger partial charge in [0.2, 0.25) is 0 Å². The Morgan fingerprint density at radius 2 is 2.11 bits per heavy atom. The van der Waals surface area contributed by atoms with Crippen LogP contribution in [-0.4, -0.2) is 53.8 Å². The Hall–Kier alpha value is -2.99. The molecule has 1 saturated carbocycles. The third kappa shape index (κ3) is 6.11. The summed E-state index contributed by atoms with van der Waals surface area (Å²) in [5.74, 6) is 5.01. The number of ether oxygens (including phenoxy) is 2. The number of carbonyl (C=O) groups excluding carboxylic acids is 1. The van der Waals surface area contributed by atoms with Crippen molar-refractivity contribution in [3.8, 4) is 5.75 Å². The predicted octanol–water partition coefficient (Wildman–Crippen LogP) is 6.59. The van der Waals surface area contributed by atoms with Crippen LogP contribution in [-0.2, 0) is 26.3 Å². The Morgan fingerprint density at radius 1 is 1.25 bits per heavy atom. The third-order valence-electron chi connectivity index (χ3n) is 10.2. The topological polar surface area (TPSA) is 72.2 Å². The zero-order chi connectivity index (χ0) is 30.9. The molecular weight excluding hydrogens is 594 g/mol. The molecule has 1 unspecified atom stereocenters. The molecule has 2 aromatic rings. The number of carbonyl (C=O) groups is 1. The number of halogens is 1. The Balaban J connectivity index is 1.42. The van der Waals surface area contributed by atoms with E-state index >= 15 is 0 Å². The third-order valence-corrected chi connectivity index (χ3v) is 12.6. The summed E-state index contributed by atoms with van der Waals surface area (Å²) >= 11 is 6.43. The van der Waals surface area contributed by atoms with E-state index in [2.05, 4.69) is 44.6 Å². The van der Waals surface area contributed by atoms with Crippen LogP contribution in [0.5, 0.6) is 5.75 Å². The van der Waals surface area contributed by atoms with Gasteiger partial charge in [0.25, 0.3) is 5.91 Å². The molecule has 2 aliphatic heterocycles. The summed E-state index contributed by atoms with van der Waals surface area (Å²) in [6.45, 7) is 11.4. The molecule has 0 saturated heterocycles. The van der Waals surface area contributed by atoms with Crippen LogP contribution < -0.4 is 14.4 Å². The highest BCUT2D eigenvalue weighted by Gasteiger charge is 2.44. The minimum absolute atomic E-state index is 0.0285. The van der Waals surface area contributed by atoms with Gasteiger partial charge < -0.3 is 14.4 Å². The van der Waals surface area contributed by atoms with Crippen molar-refractivity contribution in [2.45, 2.75) is 75.1 Å². The summed E-state index contributed by atoms with van der Waals surface area (Å²) in [5, 5.41) is 0.492. The van der Waals surface area contributed by atoms with Gasteiger partial charge in [0, 0.05) is 34.3 Å². The van der Waals surface area contributed by atoms with Gasteiger partial charge in [-0.25, -0.2) is 10.8 Å². The van der Waals surface area contributed by atoms with E-state index in [9.17, 15) is 9.00 Å². The van der Waals surface area contributed by atoms with Gasteiger partial charge in [0.05, 0.1) is 28.1 Å². The van der Waals surface area contributed by atoms with E-state index in [-0.39, 0.29) is 35.3 Å². The fraction of sp³-hybridized carbons (Fsp3) is 0.514. The van der Waals surface area contributed by atoms with E-state index in [1.54, 1.807) is 6.07 Å². The molecule has 1 fully saturated rings.